The number of carbonyl (C=O) groups is 2. The van der Waals surface area contributed by atoms with Crippen molar-refractivity contribution < 1.29 is 19.4 Å². The Kier molecular flexibility index (Phi) is 8.20. The Morgan fingerprint density at radius 3 is 2.26 bits per heavy atom. The second-order valence-electron chi connectivity index (χ2n) is 9.60. The van der Waals surface area contributed by atoms with E-state index in [1.165, 1.54) is 4.90 Å². The summed E-state index contributed by atoms with van der Waals surface area (Å²) in [5.41, 5.74) is 4.80. The van der Waals surface area contributed by atoms with Crippen molar-refractivity contribution in [3.8, 4) is 5.75 Å². The molecule has 0 bridgehead atoms. The molecule has 6 nitrogen and oxygen atoms in total. The van der Waals surface area contributed by atoms with Gasteiger partial charge in [0, 0.05) is 30.0 Å². The van der Waals surface area contributed by atoms with Crippen molar-refractivity contribution in [3.63, 3.8) is 0 Å². The van der Waals surface area contributed by atoms with Gasteiger partial charge in [0.15, 0.2) is 0 Å². The van der Waals surface area contributed by atoms with Crippen molar-refractivity contribution in [2.24, 2.45) is 0 Å². The highest BCUT2D eigenvalue weighted by atomic mass is 16.5. The third-order valence-corrected chi connectivity index (χ3v) is 6.97. The first-order chi connectivity index (χ1) is 18.3. The van der Waals surface area contributed by atoms with Crippen LogP contribution in [-0.4, -0.2) is 36.5 Å². The van der Waals surface area contributed by atoms with Gasteiger partial charge >= 0.3 is 0 Å². The minimum Gasteiger partial charge on any atom is -0.507 e. The normalized spacial score (nSPS) is 16.7. The summed E-state index contributed by atoms with van der Waals surface area (Å²) in [7, 11) is 0. The van der Waals surface area contributed by atoms with Crippen molar-refractivity contribution in [1.82, 2.24) is 0 Å². The number of hydrogen-bond acceptors (Lipinski definition) is 5. The first-order valence-corrected chi connectivity index (χ1v) is 13.3. The molecule has 1 fully saturated rings. The maximum absolute atomic E-state index is 13.5. The molecule has 1 saturated heterocycles. The van der Waals surface area contributed by atoms with Crippen LogP contribution in [0.3, 0.4) is 0 Å². The lowest BCUT2D eigenvalue weighted by Crippen LogP contribution is -2.29. The Balaban J connectivity index is 1.84. The number of aryl methyl sites for hydroxylation is 2. The summed E-state index contributed by atoms with van der Waals surface area (Å²) in [6.07, 6.45) is 0.886. The molecular formula is C32H36N2O4. The predicted molar refractivity (Wildman–Crippen MR) is 153 cm³/mol. The fourth-order valence-corrected chi connectivity index (χ4v) is 4.99. The maximum Gasteiger partial charge on any atom is 0.300 e. The van der Waals surface area contributed by atoms with E-state index in [0.717, 1.165) is 47.6 Å². The molecule has 0 aromatic heterocycles. The first kappa shape index (κ1) is 27.0. The van der Waals surface area contributed by atoms with Crippen LogP contribution in [0.5, 0.6) is 5.75 Å². The Bertz CT molecular complexity index is 1360. The van der Waals surface area contributed by atoms with Gasteiger partial charge in [-0.2, -0.15) is 0 Å². The molecule has 1 heterocycles. The van der Waals surface area contributed by atoms with Crippen molar-refractivity contribution in [1.29, 1.82) is 0 Å². The molecular weight excluding hydrogens is 476 g/mol. The van der Waals surface area contributed by atoms with E-state index in [9.17, 15) is 14.7 Å². The van der Waals surface area contributed by atoms with Crippen LogP contribution < -0.4 is 14.5 Å². The number of carbonyl (C=O) groups excluding carboxylic acids is 2. The number of ketones is 1. The van der Waals surface area contributed by atoms with Gasteiger partial charge in [-0.25, -0.2) is 0 Å². The maximum atomic E-state index is 13.5. The summed E-state index contributed by atoms with van der Waals surface area (Å²) in [4.78, 5) is 30.7. The molecule has 1 unspecified atom stereocenters. The van der Waals surface area contributed by atoms with Crippen LogP contribution in [0, 0.1) is 13.8 Å². The minimum absolute atomic E-state index is 0.0787. The number of aliphatic hydroxyl groups is 1. The summed E-state index contributed by atoms with van der Waals surface area (Å²) in [6.45, 7) is 12.4. The number of hydrogen-bond donors (Lipinski definition) is 1. The highest BCUT2D eigenvalue weighted by Crippen LogP contribution is 2.43. The van der Waals surface area contributed by atoms with Gasteiger partial charge in [-0.05, 0) is 87.7 Å². The minimum atomic E-state index is -0.759. The molecule has 1 N–H and O–H groups in total. The van der Waals surface area contributed by atoms with E-state index in [2.05, 4.69) is 18.7 Å². The number of anilines is 2. The van der Waals surface area contributed by atoms with Crippen molar-refractivity contribution in [3.05, 3.63) is 94.6 Å². The average Bonchev–Trinajstić information content (AvgIpc) is 3.18. The Morgan fingerprint density at radius 1 is 0.947 bits per heavy atom. The molecule has 1 aliphatic rings. The monoisotopic (exact) mass is 512 g/mol. The lowest BCUT2D eigenvalue weighted by molar-refractivity contribution is -0.132. The zero-order valence-electron chi connectivity index (χ0n) is 22.8. The van der Waals surface area contributed by atoms with E-state index in [1.807, 2.05) is 69.3 Å². The number of nitrogens with zero attached hydrogens (tertiary/aromatic N) is 2. The van der Waals surface area contributed by atoms with Crippen molar-refractivity contribution in [2.45, 2.75) is 47.1 Å². The Labute approximate surface area is 225 Å². The third kappa shape index (κ3) is 5.17. The number of benzene rings is 3. The fraction of sp³-hybridized carbons (Fsp3) is 0.312. The SMILES string of the molecule is CCCOc1ccc(/C(O)=C2/C(=O)C(=O)N(c3ccc(N(CC)CC)cc3)C2c2cccc(C)c2)cc1C. The second kappa shape index (κ2) is 11.5. The van der Waals surface area contributed by atoms with Crippen molar-refractivity contribution in [2.75, 3.05) is 29.5 Å². The Hall–Kier alpha value is -4.06. The van der Waals surface area contributed by atoms with Gasteiger partial charge in [0.25, 0.3) is 11.7 Å². The van der Waals surface area contributed by atoms with Crippen LogP contribution in [0.1, 0.15) is 55.5 Å². The molecule has 1 atom stereocenters. The lowest BCUT2D eigenvalue weighted by Gasteiger charge is -2.27. The third-order valence-electron chi connectivity index (χ3n) is 6.97. The fourth-order valence-electron chi connectivity index (χ4n) is 4.99. The summed E-state index contributed by atoms with van der Waals surface area (Å²) >= 11 is 0. The summed E-state index contributed by atoms with van der Waals surface area (Å²) in [5.74, 6) is -0.825. The molecule has 0 radical (unpaired) electrons. The van der Waals surface area contributed by atoms with Gasteiger partial charge in [-0.3, -0.25) is 14.5 Å². The van der Waals surface area contributed by atoms with E-state index < -0.39 is 17.7 Å². The topological polar surface area (TPSA) is 70.1 Å². The van der Waals surface area contributed by atoms with Gasteiger partial charge in [-0.1, -0.05) is 36.8 Å². The molecule has 0 aliphatic carbocycles. The van der Waals surface area contributed by atoms with Gasteiger partial charge < -0.3 is 14.7 Å². The molecule has 4 rings (SSSR count). The number of amides is 1. The highest BCUT2D eigenvalue weighted by Gasteiger charge is 2.47. The zero-order valence-corrected chi connectivity index (χ0v) is 22.8. The zero-order chi connectivity index (χ0) is 27.4. The molecule has 1 amide bonds. The molecule has 0 spiro atoms. The smallest absolute Gasteiger partial charge is 0.300 e. The van der Waals surface area contributed by atoms with Crippen LogP contribution in [0.2, 0.25) is 0 Å². The Morgan fingerprint density at radius 2 is 1.66 bits per heavy atom. The highest BCUT2D eigenvalue weighted by molar-refractivity contribution is 6.51. The molecule has 0 saturated carbocycles. The number of rotatable bonds is 9. The van der Waals surface area contributed by atoms with E-state index in [-0.39, 0.29) is 11.3 Å². The van der Waals surface area contributed by atoms with Crippen molar-refractivity contribution >= 4 is 28.8 Å². The lowest BCUT2D eigenvalue weighted by atomic mass is 9.94. The molecule has 3 aromatic carbocycles. The quantitative estimate of drug-likeness (QED) is 0.200. The van der Waals surface area contributed by atoms with E-state index in [1.54, 1.807) is 18.2 Å². The molecule has 198 valence electrons. The van der Waals surface area contributed by atoms with Gasteiger partial charge in [-0.15, -0.1) is 0 Å². The van der Waals surface area contributed by atoms with Gasteiger partial charge in [0.2, 0.25) is 0 Å². The number of ether oxygens (including phenoxy) is 1. The molecule has 38 heavy (non-hydrogen) atoms. The predicted octanol–water partition coefficient (Wildman–Crippen LogP) is 6.56. The molecule has 3 aromatic rings. The van der Waals surface area contributed by atoms with Crippen LogP contribution in [0.15, 0.2) is 72.3 Å². The second-order valence-corrected chi connectivity index (χ2v) is 9.60. The first-order valence-electron chi connectivity index (χ1n) is 13.3. The molecule has 6 heteroatoms. The van der Waals surface area contributed by atoms with E-state index in [0.29, 0.717) is 17.9 Å². The van der Waals surface area contributed by atoms with E-state index >= 15 is 0 Å². The summed E-state index contributed by atoms with van der Waals surface area (Å²) in [6, 6.07) is 19.9. The van der Waals surface area contributed by atoms with Crippen LogP contribution in [-0.2, 0) is 9.59 Å². The number of Topliss-reactive ketones (excluding diaryl/α,β-unsaturated/α-hetero) is 1. The van der Waals surface area contributed by atoms with Gasteiger partial charge in [0.1, 0.15) is 11.5 Å². The molecule has 1 aliphatic heterocycles. The van der Waals surface area contributed by atoms with Crippen LogP contribution >= 0.6 is 0 Å². The average molecular weight is 513 g/mol. The van der Waals surface area contributed by atoms with Crippen LogP contribution in [0.4, 0.5) is 11.4 Å². The standard InChI is InChI=1S/C32H36N2O4/c1-6-18-38-27-17-12-24(20-22(27)5)30(35)28-29(23-11-9-10-21(4)19-23)34(32(37)31(28)36)26-15-13-25(14-16-26)33(7-2)8-3/h9-17,19-20,29,35H,6-8,18H2,1-5H3/b30-28-. The van der Waals surface area contributed by atoms with E-state index in [4.69, 9.17) is 4.74 Å². The summed E-state index contributed by atoms with van der Waals surface area (Å²) < 4.78 is 5.77. The van der Waals surface area contributed by atoms with Crippen LogP contribution in [0.25, 0.3) is 5.76 Å². The van der Waals surface area contributed by atoms with Gasteiger partial charge in [0.05, 0.1) is 18.2 Å². The largest absolute Gasteiger partial charge is 0.507 e. The summed E-state index contributed by atoms with van der Waals surface area (Å²) in [5, 5.41) is 11.5. The number of aliphatic hydroxyl groups excluding tert-OH is 1.